The average Bonchev–Trinajstić information content (AvgIpc) is 3.13. The number of carbonyl (C=O) groups excluding carboxylic acids is 1. The van der Waals surface area contributed by atoms with Crippen LogP contribution in [0.1, 0.15) is 35.1 Å². The first-order chi connectivity index (χ1) is 13.5. The number of benzene rings is 2. The summed E-state index contributed by atoms with van der Waals surface area (Å²) in [5.74, 6) is -0.218. The van der Waals surface area contributed by atoms with Gasteiger partial charge < -0.3 is 5.32 Å². The van der Waals surface area contributed by atoms with E-state index >= 15 is 0 Å². The first kappa shape index (κ1) is 19.0. The van der Waals surface area contributed by atoms with E-state index in [1.165, 1.54) is 28.3 Å². The van der Waals surface area contributed by atoms with Crippen LogP contribution in [-0.2, 0) is 40.5 Å². The van der Waals surface area contributed by atoms with Crippen molar-refractivity contribution < 1.29 is 13.2 Å². The van der Waals surface area contributed by atoms with Gasteiger partial charge in [-0.1, -0.05) is 36.4 Å². The lowest BCUT2D eigenvalue weighted by molar-refractivity contribution is -0.120. The number of rotatable bonds is 6. The summed E-state index contributed by atoms with van der Waals surface area (Å²) in [6, 6.07) is 13.9. The fourth-order valence-electron chi connectivity index (χ4n) is 4.17. The maximum atomic E-state index is 12.7. The van der Waals surface area contributed by atoms with Crippen molar-refractivity contribution in [1.82, 2.24) is 5.32 Å². The minimum absolute atomic E-state index is 0.0860. The number of hydrogen-bond donors (Lipinski definition) is 1. The van der Waals surface area contributed by atoms with E-state index in [1.807, 2.05) is 30.3 Å². The zero-order chi connectivity index (χ0) is 19.6. The first-order valence-electron chi connectivity index (χ1n) is 9.99. The summed E-state index contributed by atoms with van der Waals surface area (Å²) >= 11 is 0. The molecular formula is C22H26N2O3S. The van der Waals surface area contributed by atoms with Gasteiger partial charge in [-0.15, -0.1) is 0 Å². The Morgan fingerprint density at radius 3 is 2.61 bits per heavy atom. The van der Waals surface area contributed by atoms with Gasteiger partial charge in [0.15, 0.2) is 0 Å². The number of para-hydroxylation sites is 1. The number of nitrogens with one attached hydrogen (secondary N) is 1. The van der Waals surface area contributed by atoms with Crippen molar-refractivity contribution in [3.8, 4) is 0 Å². The van der Waals surface area contributed by atoms with Gasteiger partial charge in [0.2, 0.25) is 15.9 Å². The largest absolute Gasteiger partial charge is 0.355 e. The molecule has 0 atom stereocenters. The zero-order valence-electron chi connectivity index (χ0n) is 16.0. The number of anilines is 1. The number of hydrogen-bond acceptors (Lipinski definition) is 3. The molecule has 28 heavy (non-hydrogen) atoms. The van der Waals surface area contributed by atoms with Crippen LogP contribution in [0.3, 0.4) is 0 Å². The maximum absolute atomic E-state index is 12.7. The van der Waals surface area contributed by atoms with Gasteiger partial charge in [-0.3, -0.25) is 9.10 Å². The van der Waals surface area contributed by atoms with E-state index in [0.29, 0.717) is 13.0 Å². The van der Waals surface area contributed by atoms with Crippen molar-refractivity contribution in [1.29, 1.82) is 0 Å². The Balaban J connectivity index is 1.31. The predicted molar refractivity (Wildman–Crippen MR) is 111 cm³/mol. The van der Waals surface area contributed by atoms with E-state index in [9.17, 15) is 13.2 Å². The molecule has 1 N–H and O–H groups in total. The van der Waals surface area contributed by atoms with Crippen LogP contribution in [-0.4, -0.2) is 33.2 Å². The Kier molecular flexibility index (Phi) is 5.40. The molecule has 5 nitrogen and oxygen atoms in total. The fraction of sp³-hybridized carbons (Fsp3) is 0.409. The molecule has 1 aliphatic carbocycles. The van der Waals surface area contributed by atoms with Gasteiger partial charge in [0.05, 0.1) is 17.9 Å². The number of carbonyl (C=O) groups is 1. The standard InChI is InChI=1S/C22H26N2O3S/c25-22(16-17-9-10-18-5-1-2-7-20(18)15-17)23-12-14-28(26,27)24-13-11-19-6-3-4-8-21(19)24/h3-4,6,8-10,15H,1-2,5,7,11-14,16H2,(H,23,25). The third kappa shape index (κ3) is 4.07. The minimum atomic E-state index is -3.44. The van der Waals surface area contributed by atoms with E-state index in [0.717, 1.165) is 36.1 Å². The van der Waals surface area contributed by atoms with E-state index in [1.54, 1.807) is 0 Å². The molecule has 148 valence electrons. The Hall–Kier alpha value is -2.34. The molecule has 0 radical (unpaired) electrons. The van der Waals surface area contributed by atoms with Crippen molar-refractivity contribution in [2.75, 3.05) is 23.1 Å². The minimum Gasteiger partial charge on any atom is -0.355 e. The molecule has 1 aliphatic heterocycles. The van der Waals surface area contributed by atoms with Crippen molar-refractivity contribution in [2.45, 2.75) is 38.5 Å². The van der Waals surface area contributed by atoms with Crippen molar-refractivity contribution in [3.05, 3.63) is 64.7 Å². The normalized spacial score (nSPS) is 15.8. The van der Waals surface area contributed by atoms with Crippen LogP contribution in [0.25, 0.3) is 0 Å². The summed E-state index contributed by atoms with van der Waals surface area (Å²) in [5.41, 5.74) is 5.57. The maximum Gasteiger partial charge on any atom is 0.236 e. The van der Waals surface area contributed by atoms with Gasteiger partial charge in [0.1, 0.15) is 0 Å². The number of amides is 1. The molecule has 0 unspecified atom stereocenters. The second-order valence-electron chi connectivity index (χ2n) is 7.60. The molecule has 0 spiro atoms. The molecule has 0 saturated carbocycles. The molecule has 1 amide bonds. The number of aryl methyl sites for hydroxylation is 2. The monoisotopic (exact) mass is 398 g/mol. The molecule has 1 heterocycles. The molecule has 2 aliphatic rings. The topological polar surface area (TPSA) is 66.5 Å². The molecular weight excluding hydrogens is 372 g/mol. The molecule has 2 aromatic rings. The highest BCUT2D eigenvalue weighted by Gasteiger charge is 2.28. The third-order valence-corrected chi connectivity index (χ3v) is 7.41. The number of fused-ring (bicyclic) bond motifs is 2. The molecule has 0 saturated heterocycles. The van der Waals surface area contributed by atoms with Gasteiger partial charge in [0.25, 0.3) is 0 Å². The molecule has 0 bridgehead atoms. The predicted octanol–water partition coefficient (Wildman–Crippen LogP) is 2.62. The lowest BCUT2D eigenvalue weighted by Gasteiger charge is -2.19. The SMILES string of the molecule is O=C(Cc1ccc2c(c1)CCCC2)NCCS(=O)(=O)N1CCc2ccccc21. The summed E-state index contributed by atoms with van der Waals surface area (Å²) in [4.78, 5) is 12.3. The summed E-state index contributed by atoms with van der Waals surface area (Å²) in [5, 5.41) is 2.77. The van der Waals surface area contributed by atoms with E-state index < -0.39 is 10.0 Å². The molecule has 0 fully saturated rings. The van der Waals surface area contributed by atoms with Crippen LogP contribution in [0, 0.1) is 0 Å². The van der Waals surface area contributed by atoms with Gasteiger partial charge in [-0.05, 0) is 60.4 Å². The summed E-state index contributed by atoms with van der Waals surface area (Å²) < 4.78 is 26.8. The number of sulfonamides is 1. The number of nitrogens with zero attached hydrogens (tertiary/aromatic N) is 1. The zero-order valence-corrected chi connectivity index (χ0v) is 16.8. The first-order valence-corrected chi connectivity index (χ1v) is 11.6. The lowest BCUT2D eigenvalue weighted by Crippen LogP contribution is -2.37. The Bertz CT molecular complexity index is 985. The Labute approximate surface area is 166 Å². The quantitative estimate of drug-likeness (QED) is 0.813. The van der Waals surface area contributed by atoms with Gasteiger partial charge >= 0.3 is 0 Å². The molecule has 6 heteroatoms. The summed E-state index contributed by atoms with van der Waals surface area (Å²) in [6.07, 6.45) is 5.68. The van der Waals surface area contributed by atoms with Crippen molar-refractivity contribution in [2.24, 2.45) is 0 Å². The van der Waals surface area contributed by atoms with Gasteiger partial charge in [-0.25, -0.2) is 8.42 Å². The van der Waals surface area contributed by atoms with Gasteiger partial charge in [-0.2, -0.15) is 0 Å². The third-order valence-electron chi connectivity index (χ3n) is 5.64. The highest BCUT2D eigenvalue weighted by atomic mass is 32.2. The second-order valence-corrected chi connectivity index (χ2v) is 9.62. The van der Waals surface area contributed by atoms with E-state index in [-0.39, 0.29) is 18.2 Å². The smallest absolute Gasteiger partial charge is 0.236 e. The van der Waals surface area contributed by atoms with Crippen LogP contribution in [0.15, 0.2) is 42.5 Å². The Morgan fingerprint density at radius 2 is 1.75 bits per heavy atom. The van der Waals surface area contributed by atoms with Crippen LogP contribution < -0.4 is 9.62 Å². The van der Waals surface area contributed by atoms with Crippen molar-refractivity contribution in [3.63, 3.8) is 0 Å². The average molecular weight is 399 g/mol. The molecule has 0 aromatic heterocycles. The fourth-order valence-corrected chi connectivity index (χ4v) is 5.60. The van der Waals surface area contributed by atoms with Gasteiger partial charge in [0, 0.05) is 13.1 Å². The summed E-state index contributed by atoms with van der Waals surface area (Å²) in [7, 11) is -3.44. The highest BCUT2D eigenvalue weighted by Crippen LogP contribution is 2.29. The van der Waals surface area contributed by atoms with Crippen LogP contribution >= 0.6 is 0 Å². The molecule has 4 rings (SSSR count). The Morgan fingerprint density at radius 1 is 0.964 bits per heavy atom. The van der Waals surface area contributed by atoms with E-state index in [4.69, 9.17) is 0 Å². The molecule has 2 aromatic carbocycles. The highest BCUT2D eigenvalue weighted by molar-refractivity contribution is 7.92. The van der Waals surface area contributed by atoms with Crippen molar-refractivity contribution >= 4 is 21.6 Å². The summed E-state index contributed by atoms with van der Waals surface area (Å²) in [6.45, 7) is 0.607. The van der Waals surface area contributed by atoms with Crippen LogP contribution in [0.4, 0.5) is 5.69 Å². The van der Waals surface area contributed by atoms with E-state index in [2.05, 4.69) is 17.4 Å². The van der Waals surface area contributed by atoms with Crippen LogP contribution in [0.2, 0.25) is 0 Å². The second kappa shape index (κ2) is 7.95. The lowest BCUT2D eigenvalue weighted by atomic mass is 9.90. The van der Waals surface area contributed by atoms with Crippen LogP contribution in [0.5, 0.6) is 0 Å².